The number of nitrogens with zero attached hydrogens (tertiary/aromatic N) is 1. The van der Waals surface area contributed by atoms with Gasteiger partial charge >= 0.3 is 0 Å². The Labute approximate surface area is 188 Å². The zero-order valence-electron chi connectivity index (χ0n) is 18.9. The lowest BCUT2D eigenvalue weighted by Gasteiger charge is -2.32. The van der Waals surface area contributed by atoms with Crippen LogP contribution in [-0.4, -0.2) is 55.7 Å². The molecular formula is C25H32N3O4+. The molecule has 170 valence electrons. The second-order valence-electron chi connectivity index (χ2n) is 9.56. The fourth-order valence-electron chi connectivity index (χ4n) is 4.67. The van der Waals surface area contributed by atoms with Crippen molar-refractivity contribution in [2.24, 2.45) is 5.41 Å². The molecule has 32 heavy (non-hydrogen) atoms. The second kappa shape index (κ2) is 9.38. The zero-order valence-corrected chi connectivity index (χ0v) is 18.9. The number of hydrogen-bond acceptors (Lipinski definition) is 4. The molecule has 0 unspecified atom stereocenters. The van der Waals surface area contributed by atoms with E-state index in [1.165, 1.54) is 11.0 Å². The van der Waals surface area contributed by atoms with Gasteiger partial charge in [0.15, 0.2) is 5.78 Å². The quantitative estimate of drug-likeness (QED) is 0.660. The summed E-state index contributed by atoms with van der Waals surface area (Å²) in [4.78, 5) is 40.8. The van der Waals surface area contributed by atoms with Crippen LogP contribution in [0.3, 0.4) is 0 Å². The van der Waals surface area contributed by atoms with Gasteiger partial charge in [-0.05, 0) is 30.0 Å². The Morgan fingerprint density at radius 1 is 1.12 bits per heavy atom. The Bertz CT molecular complexity index is 1050. The fraction of sp³-hybridized carbons (Fsp3) is 0.480. The first-order valence-electron chi connectivity index (χ1n) is 11.4. The molecule has 1 fully saturated rings. The van der Waals surface area contributed by atoms with E-state index in [1.807, 2.05) is 44.2 Å². The highest BCUT2D eigenvalue weighted by atomic mass is 16.5. The monoisotopic (exact) mass is 438 g/mol. The van der Waals surface area contributed by atoms with Gasteiger partial charge in [0.1, 0.15) is 18.7 Å². The Morgan fingerprint density at radius 2 is 1.84 bits per heavy atom. The minimum atomic E-state index is -0.419. The molecule has 1 saturated heterocycles. The summed E-state index contributed by atoms with van der Waals surface area (Å²) < 4.78 is 6.93. The van der Waals surface area contributed by atoms with Crippen LogP contribution in [0.15, 0.2) is 41.2 Å². The Balaban J connectivity index is 1.60. The molecule has 1 aromatic carbocycles. The number of benzene rings is 1. The molecule has 7 heteroatoms. The van der Waals surface area contributed by atoms with Gasteiger partial charge in [0.2, 0.25) is 0 Å². The third kappa shape index (κ3) is 4.84. The van der Waals surface area contributed by atoms with Crippen molar-refractivity contribution < 1.29 is 19.2 Å². The van der Waals surface area contributed by atoms with Crippen molar-refractivity contribution in [3.8, 4) is 5.69 Å². The molecule has 0 spiro atoms. The molecule has 0 saturated carbocycles. The van der Waals surface area contributed by atoms with E-state index in [1.54, 1.807) is 4.57 Å². The molecule has 2 aromatic rings. The zero-order chi connectivity index (χ0) is 22.7. The summed E-state index contributed by atoms with van der Waals surface area (Å²) in [5, 5.41) is 2.89. The lowest BCUT2D eigenvalue weighted by atomic mass is 9.75. The largest absolute Gasteiger partial charge is 0.370 e. The van der Waals surface area contributed by atoms with Crippen LogP contribution in [0.25, 0.3) is 5.69 Å². The van der Waals surface area contributed by atoms with Crippen molar-refractivity contribution in [3.05, 3.63) is 63.6 Å². The van der Waals surface area contributed by atoms with Gasteiger partial charge in [-0.15, -0.1) is 0 Å². The molecule has 1 aliphatic carbocycles. The maximum Gasteiger partial charge on any atom is 0.268 e. The lowest BCUT2D eigenvalue weighted by molar-refractivity contribution is -0.908. The summed E-state index contributed by atoms with van der Waals surface area (Å²) in [6.45, 7) is 9.04. The first kappa shape index (κ1) is 22.4. The number of para-hydroxylation sites is 1. The molecule has 1 aromatic heterocycles. The van der Waals surface area contributed by atoms with Crippen molar-refractivity contribution >= 4 is 11.7 Å². The predicted octanol–water partition coefficient (Wildman–Crippen LogP) is 1.03. The molecule has 1 aliphatic heterocycles. The molecule has 2 aliphatic rings. The average molecular weight is 439 g/mol. The number of quaternary nitrogens is 1. The first-order valence-corrected chi connectivity index (χ1v) is 11.4. The highest BCUT2D eigenvalue weighted by molar-refractivity contribution is 6.02. The van der Waals surface area contributed by atoms with Gasteiger partial charge in [-0.25, -0.2) is 0 Å². The van der Waals surface area contributed by atoms with Gasteiger partial charge in [-0.1, -0.05) is 32.0 Å². The highest BCUT2D eigenvalue weighted by Gasteiger charge is 2.35. The highest BCUT2D eigenvalue weighted by Crippen LogP contribution is 2.35. The van der Waals surface area contributed by atoms with E-state index in [4.69, 9.17) is 4.74 Å². The molecule has 2 N–H and O–H groups in total. The number of hydrogen-bond donors (Lipinski definition) is 2. The van der Waals surface area contributed by atoms with Crippen LogP contribution in [0.4, 0.5) is 0 Å². The molecule has 0 radical (unpaired) electrons. The number of ether oxygens (including phenoxy) is 1. The maximum absolute atomic E-state index is 13.5. The molecule has 7 nitrogen and oxygen atoms in total. The Hall–Kier alpha value is -2.77. The molecule has 0 atom stereocenters. The maximum atomic E-state index is 13.5. The van der Waals surface area contributed by atoms with Gasteiger partial charge in [0.25, 0.3) is 11.5 Å². The minimum Gasteiger partial charge on any atom is -0.370 e. The predicted molar refractivity (Wildman–Crippen MR) is 122 cm³/mol. The number of amides is 1. The Morgan fingerprint density at radius 3 is 2.56 bits per heavy atom. The summed E-state index contributed by atoms with van der Waals surface area (Å²) >= 11 is 0. The summed E-state index contributed by atoms with van der Waals surface area (Å²) in [7, 11) is 0. The van der Waals surface area contributed by atoms with E-state index in [2.05, 4.69) is 5.32 Å². The van der Waals surface area contributed by atoms with Crippen molar-refractivity contribution in [3.63, 3.8) is 0 Å². The third-order valence-corrected chi connectivity index (χ3v) is 6.34. The number of fused-ring (bicyclic) bond motifs is 1. The summed E-state index contributed by atoms with van der Waals surface area (Å²) in [5.74, 6) is -0.442. The third-order valence-electron chi connectivity index (χ3n) is 6.34. The number of Topliss-reactive ketones (excluding diaryl/α,β-unsaturated/α-hetero) is 1. The van der Waals surface area contributed by atoms with E-state index in [0.717, 1.165) is 39.3 Å². The van der Waals surface area contributed by atoms with Gasteiger partial charge in [0, 0.05) is 36.3 Å². The standard InChI is InChI=1S/C25H31N3O4/c1-25(2)16-21-19(22(29)17-25)15-20(24(31)28(21)18-7-4-3-5-8-18)23(30)26-9-6-10-27-11-13-32-14-12-27/h3-5,7-8,15H,6,9-14,16-17H2,1-2H3,(H,26,30)/p+1. The smallest absolute Gasteiger partial charge is 0.268 e. The number of aromatic nitrogens is 1. The molecular weight excluding hydrogens is 406 g/mol. The summed E-state index contributed by atoms with van der Waals surface area (Å²) in [6, 6.07) is 10.8. The van der Waals surface area contributed by atoms with Gasteiger partial charge in [-0.2, -0.15) is 0 Å². The van der Waals surface area contributed by atoms with Crippen molar-refractivity contribution in [2.75, 3.05) is 39.4 Å². The molecule has 2 heterocycles. The number of morpholine rings is 1. The van der Waals surface area contributed by atoms with E-state index >= 15 is 0 Å². The first-order chi connectivity index (χ1) is 15.4. The van der Waals surface area contributed by atoms with Crippen LogP contribution in [-0.2, 0) is 11.2 Å². The van der Waals surface area contributed by atoms with E-state index in [9.17, 15) is 14.4 Å². The van der Waals surface area contributed by atoms with Crippen LogP contribution < -0.4 is 15.8 Å². The number of ketones is 1. The average Bonchev–Trinajstić information content (AvgIpc) is 2.77. The lowest BCUT2D eigenvalue weighted by Crippen LogP contribution is -3.14. The molecule has 4 rings (SSSR count). The number of rotatable bonds is 6. The van der Waals surface area contributed by atoms with Crippen molar-refractivity contribution in [1.82, 2.24) is 9.88 Å². The van der Waals surface area contributed by atoms with E-state index < -0.39 is 5.91 Å². The van der Waals surface area contributed by atoms with Crippen LogP contribution >= 0.6 is 0 Å². The van der Waals surface area contributed by atoms with Crippen LogP contribution in [0.2, 0.25) is 0 Å². The van der Waals surface area contributed by atoms with Gasteiger partial charge < -0.3 is 15.0 Å². The topological polar surface area (TPSA) is 81.8 Å². The number of carbonyl (C=O) groups is 2. The molecule has 0 bridgehead atoms. The summed E-state index contributed by atoms with van der Waals surface area (Å²) in [5.41, 5.74) is 1.25. The minimum absolute atomic E-state index is 0.0223. The van der Waals surface area contributed by atoms with Crippen molar-refractivity contribution in [2.45, 2.75) is 33.1 Å². The van der Waals surface area contributed by atoms with E-state index in [-0.39, 0.29) is 22.3 Å². The number of carbonyl (C=O) groups excluding carboxylic acids is 2. The number of pyridine rings is 1. The SMILES string of the molecule is CC1(C)CC(=O)c2cc(C(=O)NCCC[NH+]3CCOCC3)c(=O)n(-c3ccccc3)c2C1. The molecule has 1 amide bonds. The van der Waals surface area contributed by atoms with Crippen LogP contribution in [0.5, 0.6) is 0 Å². The normalized spacial score (nSPS) is 18.2. The number of nitrogens with one attached hydrogen (secondary N) is 2. The van der Waals surface area contributed by atoms with Gasteiger partial charge in [-0.3, -0.25) is 19.0 Å². The van der Waals surface area contributed by atoms with E-state index in [0.29, 0.717) is 36.3 Å². The fourth-order valence-corrected chi connectivity index (χ4v) is 4.67. The Kier molecular flexibility index (Phi) is 6.58. The van der Waals surface area contributed by atoms with Crippen LogP contribution in [0.1, 0.15) is 53.1 Å². The van der Waals surface area contributed by atoms with Crippen molar-refractivity contribution in [1.29, 1.82) is 0 Å². The van der Waals surface area contributed by atoms with Crippen LogP contribution in [0, 0.1) is 5.41 Å². The summed E-state index contributed by atoms with van der Waals surface area (Å²) in [6.07, 6.45) is 1.82. The second-order valence-corrected chi connectivity index (χ2v) is 9.56. The van der Waals surface area contributed by atoms with Gasteiger partial charge in [0.05, 0.1) is 19.8 Å².